The molecule has 0 saturated carbocycles. The van der Waals surface area contributed by atoms with Crippen LogP contribution < -0.4 is 11.1 Å². The third-order valence-electron chi connectivity index (χ3n) is 4.44. The van der Waals surface area contributed by atoms with Gasteiger partial charge in [0.25, 0.3) is 0 Å². The van der Waals surface area contributed by atoms with Crippen LogP contribution in [0.2, 0.25) is 16.0 Å². The Balaban J connectivity index is 1.71. The van der Waals surface area contributed by atoms with Crippen LogP contribution >= 0.6 is 0 Å². The number of carboxylic acid groups (broad SMARTS) is 1. The SMILES string of the molecule is C[Se]CC[C@H](NC[C@H]1O[C@@H](n2cnc3c(N)ncnc32)[C@H](O)[C@@H]1[Se])C(=O)O. The molecular weight excluding hydrogens is 486 g/mol. The summed E-state index contributed by atoms with van der Waals surface area (Å²) in [4.78, 5) is 23.4. The van der Waals surface area contributed by atoms with Crippen LogP contribution in [0.4, 0.5) is 5.82 Å². The molecule has 1 aliphatic rings. The molecule has 12 heteroatoms. The number of aliphatic carboxylic acids is 1. The van der Waals surface area contributed by atoms with Gasteiger partial charge in [0.1, 0.15) is 0 Å². The zero-order valence-electron chi connectivity index (χ0n) is 14.6. The number of ether oxygens (including phenoxy) is 1. The van der Waals surface area contributed by atoms with Gasteiger partial charge in [-0.2, -0.15) is 0 Å². The van der Waals surface area contributed by atoms with Crippen molar-refractivity contribution in [3.05, 3.63) is 12.7 Å². The molecule has 1 radical (unpaired) electrons. The molecule has 5 atom stereocenters. The average Bonchev–Trinajstić information content (AvgIpc) is 3.18. The number of aliphatic hydroxyl groups is 1. The van der Waals surface area contributed by atoms with Crippen LogP contribution in [-0.4, -0.2) is 91.5 Å². The zero-order valence-corrected chi connectivity index (χ0v) is 18.0. The number of rotatable bonds is 8. The molecule has 0 amide bonds. The fraction of sp³-hybridized carbons (Fsp3) is 0.600. The summed E-state index contributed by atoms with van der Waals surface area (Å²) in [7, 11) is 0. The maximum atomic E-state index is 11.4. The first-order valence-electron chi connectivity index (χ1n) is 8.31. The summed E-state index contributed by atoms with van der Waals surface area (Å²) in [5.74, 6) is 1.46. The fourth-order valence-corrected chi connectivity index (χ4v) is 4.58. The Labute approximate surface area is 170 Å². The zero-order chi connectivity index (χ0) is 19.6. The van der Waals surface area contributed by atoms with Crippen molar-refractivity contribution in [3.8, 4) is 0 Å². The summed E-state index contributed by atoms with van der Waals surface area (Å²) in [5, 5.41) is 23.9. The number of hydrogen-bond donors (Lipinski definition) is 4. The molecule has 1 fully saturated rings. The molecule has 5 N–H and O–H groups in total. The Bertz CT molecular complexity index is 806. The number of nitrogen functional groups attached to an aromatic ring is 1. The van der Waals surface area contributed by atoms with Crippen LogP contribution in [0.15, 0.2) is 12.7 Å². The molecule has 147 valence electrons. The molecule has 3 rings (SSSR count). The molecule has 0 unspecified atom stereocenters. The van der Waals surface area contributed by atoms with Gasteiger partial charge < -0.3 is 0 Å². The van der Waals surface area contributed by atoms with E-state index in [1.54, 1.807) is 4.57 Å². The van der Waals surface area contributed by atoms with Gasteiger partial charge in [0.2, 0.25) is 0 Å². The van der Waals surface area contributed by atoms with Crippen molar-refractivity contribution < 1.29 is 19.7 Å². The Morgan fingerprint density at radius 2 is 2.30 bits per heavy atom. The van der Waals surface area contributed by atoms with Crippen molar-refractivity contribution in [3.63, 3.8) is 0 Å². The van der Waals surface area contributed by atoms with E-state index in [1.165, 1.54) is 12.7 Å². The van der Waals surface area contributed by atoms with E-state index in [0.29, 0.717) is 39.1 Å². The second kappa shape index (κ2) is 8.83. The van der Waals surface area contributed by atoms with Gasteiger partial charge in [-0.25, -0.2) is 0 Å². The second-order valence-corrected chi connectivity index (χ2v) is 9.39. The van der Waals surface area contributed by atoms with Gasteiger partial charge >= 0.3 is 170 Å². The Hall–Kier alpha value is -1.26. The summed E-state index contributed by atoms with van der Waals surface area (Å²) in [6.07, 6.45) is 1.48. The summed E-state index contributed by atoms with van der Waals surface area (Å²) >= 11 is 3.36. The third-order valence-corrected chi connectivity index (χ3v) is 7.02. The van der Waals surface area contributed by atoms with Gasteiger partial charge in [-0.3, -0.25) is 0 Å². The number of nitrogens with two attached hydrogens (primary N) is 1. The molecule has 0 aliphatic carbocycles. The topological polar surface area (TPSA) is 148 Å². The van der Waals surface area contributed by atoms with E-state index in [9.17, 15) is 15.0 Å². The van der Waals surface area contributed by atoms with E-state index in [-0.39, 0.29) is 10.6 Å². The van der Waals surface area contributed by atoms with E-state index >= 15 is 0 Å². The third kappa shape index (κ3) is 4.27. The van der Waals surface area contributed by atoms with Gasteiger partial charge in [-0.1, -0.05) is 0 Å². The number of nitrogens with zero attached hydrogens (tertiary/aromatic N) is 4. The van der Waals surface area contributed by atoms with Crippen molar-refractivity contribution in [2.24, 2.45) is 0 Å². The Morgan fingerprint density at radius 1 is 1.52 bits per heavy atom. The van der Waals surface area contributed by atoms with Crippen molar-refractivity contribution in [1.82, 2.24) is 24.8 Å². The van der Waals surface area contributed by atoms with Gasteiger partial charge in [0.15, 0.2) is 0 Å². The van der Waals surface area contributed by atoms with Crippen molar-refractivity contribution in [1.29, 1.82) is 0 Å². The fourth-order valence-electron chi connectivity index (χ4n) is 2.98. The van der Waals surface area contributed by atoms with Gasteiger partial charge in [-0.15, -0.1) is 0 Å². The van der Waals surface area contributed by atoms with Gasteiger partial charge in [0, 0.05) is 0 Å². The number of aliphatic hydroxyl groups excluding tert-OH is 1. The van der Waals surface area contributed by atoms with E-state index in [1.807, 2.05) is 0 Å². The van der Waals surface area contributed by atoms with Crippen LogP contribution in [-0.2, 0) is 9.53 Å². The Morgan fingerprint density at radius 3 is 3.00 bits per heavy atom. The molecule has 27 heavy (non-hydrogen) atoms. The molecule has 2 aromatic rings. The number of aromatic nitrogens is 4. The van der Waals surface area contributed by atoms with Gasteiger partial charge in [0.05, 0.1) is 0 Å². The average molecular weight is 507 g/mol. The van der Waals surface area contributed by atoms with E-state index < -0.39 is 30.4 Å². The quantitative estimate of drug-likeness (QED) is 0.338. The maximum absolute atomic E-state index is 11.4. The number of imidazole rings is 1. The first kappa shape index (κ1) is 20.5. The normalized spacial score (nSPS) is 26.5. The van der Waals surface area contributed by atoms with Crippen LogP contribution in [0.25, 0.3) is 11.2 Å². The molecule has 0 aromatic carbocycles. The number of fused-ring (bicyclic) bond motifs is 1. The molecule has 10 nitrogen and oxygen atoms in total. The Kier molecular flexibility index (Phi) is 6.69. The van der Waals surface area contributed by atoms with Gasteiger partial charge in [-0.05, 0) is 0 Å². The predicted molar refractivity (Wildman–Crippen MR) is 99.6 cm³/mol. The number of carbonyl (C=O) groups is 1. The first-order chi connectivity index (χ1) is 12.9. The molecule has 1 aliphatic heterocycles. The summed E-state index contributed by atoms with van der Waals surface area (Å²) in [6, 6.07) is -0.625. The molecule has 1 saturated heterocycles. The molecule has 3 heterocycles. The van der Waals surface area contributed by atoms with Crippen LogP contribution in [0.5, 0.6) is 0 Å². The number of carboxylic acids is 1. The monoisotopic (exact) mass is 509 g/mol. The molecule has 0 bridgehead atoms. The summed E-state index contributed by atoms with van der Waals surface area (Å²) < 4.78 is 7.62. The molecule has 2 aromatic heterocycles. The minimum atomic E-state index is -0.876. The number of nitrogens with one attached hydrogen (secondary N) is 1. The second-order valence-electron chi connectivity index (χ2n) is 6.18. The molecular formula is C15H21N6O4Se2. The van der Waals surface area contributed by atoms with E-state index in [0.717, 1.165) is 5.32 Å². The first-order valence-corrected chi connectivity index (χ1v) is 12.2. The number of anilines is 1. The summed E-state index contributed by atoms with van der Waals surface area (Å²) in [6.45, 7) is 0.308. The van der Waals surface area contributed by atoms with Crippen molar-refractivity contribution >= 4 is 53.9 Å². The minimum absolute atomic E-state index is 0.255. The van der Waals surface area contributed by atoms with Crippen molar-refractivity contribution in [2.45, 2.75) is 46.9 Å². The van der Waals surface area contributed by atoms with Crippen LogP contribution in [0.1, 0.15) is 12.6 Å². The van der Waals surface area contributed by atoms with Crippen LogP contribution in [0, 0.1) is 0 Å². The van der Waals surface area contributed by atoms with E-state index in [4.69, 9.17) is 10.5 Å². The van der Waals surface area contributed by atoms with Crippen LogP contribution in [0.3, 0.4) is 0 Å². The standard InChI is InChI=1S/C15H21N6O4Se2/c1-27-3-2-7(15(23)24)17-4-8-11(26)10(22)14(25-8)21-6-20-9-12(16)18-5-19-13(9)21/h5-8,10-11,14,17,22H,2-4H2,1H3,(H,23,24)(H2,16,18,19)/t7-,8+,10+,11+,14+/m0/s1. The number of hydrogen-bond acceptors (Lipinski definition) is 8. The van der Waals surface area contributed by atoms with Crippen molar-refractivity contribution in [2.75, 3.05) is 12.3 Å². The predicted octanol–water partition coefficient (Wildman–Crippen LogP) is -0.773. The summed E-state index contributed by atoms with van der Waals surface area (Å²) in [5.41, 5.74) is 6.72. The van der Waals surface area contributed by atoms with E-state index in [2.05, 4.69) is 42.1 Å². The molecule has 0 spiro atoms.